The predicted molar refractivity (Wildman–Crippen MR) is 81.0 cm³/mol. The fourth-order valence-electron chi connectivity index (χ4n) is 2.86. The maximum atomic E-state index is 11.0. The van der Waals surface area contributed by atoms with Gasteiger partial charge in [-0.1, -0.05) is 12.1 Å². The smallest absolute Gasteiger partial charge is 0.303 e. The lowest BCUT2D eigenvalue weighted by Gasteiger charge is -2.32. The van der Waals surface area contributed by atoms with Crippen molar-refractivity contribution in [2.45, 2.75) is 32.7 Å². The second kappa shape index (κ2) is 7.22. The molecule has 1 fully saturated rings. The van der Waals surface area contributed by atoms with Crippen molar-refractivity contribution < 1.29 is 14.7 Å². The highest BCUT2D eigenvalue weighted by Crippen LogP contribution is 2.21. The number of anilines is 1. The molecule has 1 heterocycles. The first-order chi connectivity index (χ1) is 10.0. The Hall–Kier alpha value is -1.88. The summed E-state index contributed by atoms with van der Waals surface area (Å²) >= 11 is 0. The van der Waals surface area contributed by atoms with Crippen LogP contribution in [0.2, 0.25) is 0 Å². The maximum absolute atomic E-state index is 11.0. The molecule has 0 aromatic heterocycles. The number of nitrogens with one attached hydrogen (secondary N) is 1. The molecule has 5 nitrogen and oxygen atoms in total. The van der Waals surface area contributed by atoms with Crippen LogP contribution in [0.1, 0.15) is 31.7 Å². The Morgan fingerprint density at radius 3 is 2.67 bits per heavy atom. The Balaban J connectivity index is 1.88. The van der Waals surface area contributed by atoms with E-state index in [1.807, 2.05) is 24.3 Å². The minimum absolute atomic E-state index is 0.0738. The molecule has 0 bridgehead atoms. The molecule has 2 N–H and O–H groups in total. The number of likely N-dealkylation sites (tertiary alicyclic amines) is 1. The summed E-state index contributed by atoms with van der Waals surface area (Å²) < 4.78 is 0. The number of carbonyl (C=O) groups excluding carboxylic acids is 1. The Morgan fingerprint density at radius 2 is 2.05 bits per heavy atom. The summed E-state index contributed by atoms with van der Waals surface area (Å²) in [6.45, 7) is 4.18. The Bertz CT molecular complexity index is 499. The summed E-state index contributed by atoms with van der Waals surface area (Å²) in [6, 6.07) is 7.81. The van der Waals surface area contributed by atoms with E-state index in [9.17, 15) is 9.59 Å². The number of benzene rings is 1. The number of aliphatic carboxylic acids is 1. The van der Waals surface area contributed by atoms with E-state index in [1.165, 1.54) is 12.5 Å². The number of piperidine rings is 1. The van der Waals surface area contributed by atoms with Gasteiger partial charge in [-0.05, 0) is 43.0 Å². The van der Waals surface area contributed by atoms with Crippen LogP contribution < -0.4 is 5.32 Å². The number of rotatable bonds is 5. The quantitative estimate of drug-likeness (QED) is 0.873. The zero-order valence-electron chi connectivity index (χ0n) is 12.3. The Morgan fingerprint density at radius 1 is 1.33 bits per heavy atom. The zero-order valence-corrected chi connectivity index (χ0v) is 12.3. The van der Waals surface area contributed by atoms with Crippen molar-refractivity contribution in [3.05, 3.63) is 29.8 Å². The van der Waals surface area contributed by atoms with Gasteiger partial charge in [0.25, 0.3) is 0 Å². The van der Waals surface area contributed by atoms with E-state index in [4.69, 9.17) is 5.11 Å². The molecule has 5 heteroatoms. The van der Waals surface area contributed by atoms with Crippen LogP contribution in [0, 0.1) is 5.92 Å². The molecular formula is C16H22N2O3. The molecule has 21 heavy (non-hydrogen) atoms. The van der Waals surface area contributed by atoms with Gasteiger partial charge in [0.15, 0.2) is 0 Å². The van der Waals surface area contributed by atoms with Crippen molar-refractivity contribution in [1.29, 1.82) is 0 Å². The molecule has 1 aromatic rings. The standard InChI is InChI=1S/C16H22N2O3/c1-12(19)17-15-6-4-13(5-7-15)10-18-8-2-3-14(11-18)9-16(20)21/h4-7,14H,2-3,8-11H2,1H3,(H,17,19)(H,20,21). The maximum Gasteiger partial charge on any atom is 0.303 e. The molecule has 1 aromatic carbocycles. The van der Waals surface area contributed by atoms with Crippen molar-refractivity contribution in [2.75, 3.05) is 18.4 Å². The van der Waals surface area contributed by atoms with E-state index in [1.54, 1.807) is 0 Å². The molecule has 1 saturated heterocycles. The molecule has 114 valence electrons. The van der Waals surface area contributed by atoms with Crippen molar-refractivity contribution in [2.24, 2.45) is 5.92 Å². The Labute approximate surface area is 125 Å². The van der Waals surface area contributed by atoms with E-state index < -0.39 is 5.97 Å². The van der Waals surface area contributed by atoms with Crippen molar-refractivity contribution >= 4 is 17.6 Å². The molecule has 1 unspecified atom stereocenters. The second-order valence-corrected chi connectivity index (χ2v) is 5.72. The summed E-state index contributed by atoms with van der Waals surface area (Å²) in [4.78, 5) is 24.1. The van der Waals surface area contributed by atoms with Crippen LogP contribution in [-0.2, 0) is 16.1 Å². The molecular weight excluding hydrogens is 268 g/mol. The molecule has 0 radical (unpaired) electrons. The van der Waals surface area contributed by atoms with Gasteiger partial charge in [-0.3, -0.25) is 14.5 Å². The zero-order chi connectivity index (χ0) is 15.2. The predicted octanol–water partition coefficient (Wildman–Crippen LogP) is 2.33. The van der Waals surface area contributed by atoms with Gasteiger partial charge in [0.2, 0.25) is 5.91 Å². The molecule has 1 aliphatic heterocycles. The van der Waals surface area contributed by atoms with Crippen LogP contribution in [0.25, 0.3) is 0 Å². The SMILES string of the molecule is CC(=O)Nc1ccc(CN2CCCC(CC(=O)O)C2)cc1. The molecule has 0 spiro atoms. The lowest BCUT2D eigenvalue weighted by Crippen LogP contribution is -2.35. The number of hydrogen-bond donors (Lipinski definition) is 2. The van der Waals surface area contributed by atoms with Gasteiger partial charge in [-0.25, -0.2) is 0 Å². The van der Waals surface area contributed by atoms with Crippen LogP contribution in [0.3, 0.4) is 0 Å². The number of carboxylic acid groups (broad SMARTS) is 1. The number of nitrogens with zero attached hydrogens (tertiary/aromatic N) is 1. The summed E-state index contributed by atoms with van der Waals surface area (Å²) in [5.41, 5.74) is 1.98. The van der Waals surface area contributed by atoms with E-state index in [-0.39, 0.29) is 18.2 Å². The number of carboxylic acids is 1. The summed E-state index contributed by atoms with van der Waals surface area (Å²) in [6.07, 6.45) is 2.32. The molecule has 1 amide bonds. The summed E-state index contributed by atoms with van der Waals surface area (Å²) in [7, 11) is 0. The van der Waals surface area contributed by atoms with Crippen LogP contribution in [-0.4, -0.2) is 35.0 Å². The van der Waals surface area contributed by atoms with E-state index in [0.29, 0.717) is 0 Å². The highest BCUT2D eigenvalue weighted by atomic mass is 16.4. The lowest BCUT2D eigenvalue weighted by atomic mass is 9.94. The topological polar surface area (TPSA) is 69.6 Å². The van der Waals surface area contributed by atoms with Crippen LogP contribution >= 0.6 is 0 Å². The van der Waals surface area contributed by atoms with E-state index in [2.05, 4.69) is 10.2 Å². The largest absolute Gasteiger partial charge is 0.481 e. The minimum atomic E-state index is -0.707. The lowest BCUT2D eigenvalue weighted by molar-refractivity contribution is -0.138. The van der Waals surface area contributed by atoms with E-state index in [0.717, 1.165) is 38.2 Å². The number of carbonyl (C=O) groups is 2. The van der Waals surface area contributed by atoms with Gasteiger partial charge in [0, 0.05) is 32.1 Å². The van der Waals surface area contributed by atoms with Crippen LogP contribution in [0.15, 0.2) is 24.3 Å². The minimum Gasteiger partial charge on any atom is -0.481 e. The highest BCUT2D eigenvalue weighted by Gasteiger charge is 2.21. The monoisotopic (exact) mass is 290 g/mol. The third-order valence-electron chi connectivity index (χ3n) is 3.75. The third-order valence-corrected chi connectivity index (χ3v) is 3.75. The molecule has 0 aliphatic carbocycles. The Kier molecular flexibility index (Phi) is 5.33. The molecule has 1 aliphatic rings. The van der Waals surface area contributed by atoms with Crippen LogP contribution in [0.5, 0.6) is 0 Å². The van der Waals surface area contributed by atoms with E-state index >= 15 is 0 Å². The number of amides is 1. The molecule has 1 atom stereocenters. The van der Waals surface area contributed by atoms with Gasteiger partial charge >= 0.3 is 5.97 Å². The first-order valence-corrected chi connectivity index (χ1v) is 7.33. The van der Waals surface area contributed by atoms with Gasteiger partial charge in [-0.15, -0.1) is 0 Å². The average molecular weight is 290 g/mol. The van der Waals surface area contributed by atoms with Gasteiger partial charge in [0.1, 0.15) is 0 Å². The van der Waals surface area contributed by atoms with Gasteiger partial charge in [0.05, 0.1) is 0 Å². The van der Waals surface area contributed by atoms with Crippen molar-refractivity contribution in [1.82, 2.24) is 4.90 Å². The average Bonchev–Trinajstić information content (AvgIpc) is 2.40. The van der Waals surface area contributed by atoms with Gasteiger partial charge < -0.3 is 10.4 Å². The number of hydrogen-bond acceptors (Lipinski definition) is 3. The molecule has 0 saturated carbocycles. The van der Waals surface area contributed by atoms with Crippen molar-refractivity contribution in [3.63, 3.8) is 0 Å². The normalized spacial score (nSPS) is 19.2. The van der Waals surface area contributed by atoms with Crippen LogP contribution in [0.4, 0.5) is 5.69 Å². The van der Waals surface area contributed by atoms with Gasteiger partial charge in [-0.2, -0.15) is 0 Å². The fraction of sp³-hybridized carbons (Fsp3) is 0.500. The third kappa shape index (κ3) is 5.19. The molecule has 2 rings (SSSR count). The summed E-state index contributed by atoms with van der Waals surface area (Å²) in [5, 5.41) is 11.6. The summed E-state index contributed by atoms with van der Waals surface area (Å²) in [5.74, 6) is -0.522. The fourth-order valence-corrected chi connectivity index (χ4v) is 2.86. The highest BCUT2D eigenvalue weighted by molar-refractivity contribution is 5.88. The second-order valence-electron chi connectivity index (χ2n) is 5.72. The first kappa shape index (κ1) is 15.5. The first-order valence-electron chi connectivity index (χ1n) is 7.33. The van der Waals surface area contributed by atoms with Crippen molar-refractivity contribution in [3.8, 4) is 0 Å².